The van der Waals surface area contributed by atoms with Crippen molar-refractivity contribution in [2.75, 3.05) is 23.3 Å². The lowest BCUT2D eigenvalue weighted by Gasteiger charge is -2.28. The van der Waals surface area contributed by atoms with Gasteiger partial charge >= 0.3 is 5.97 Å². The molecule has 0 atom stereocenters. The van der Waals surface area contributed by atoms with E-state index in [9.17, 15) is 9.59 Å². The van der Waals surface area contributed by atoms with Gasteiger partial charge in [0.25, 0.3) is 0 Å². The second kappa shape index (κ2) is 12.3. The first-order chi connectivity index (χ1) is 14.2. The second-order valence-corrected chi connectivity index (χ2v) is 9.45. The Morgan fingerprint density at radius 3 is 2.39 bits per heavy atom. The number of fused-ring (bicyclic) bond motifs is 1. The quantitative estimate of drug-likeness (QED) is 0.366. The Labute approximate surface area is 194 Å². The summed E-state index contributed by atoms with van der Waals surface area (Å²) in [5.41, 5.74) is 5.06. The number of carbonyl (C=O) groups is 2. The Morgan fingerprint density at radius 2 is 1.74 bits per heavy atom. The summed E-state index contributed by atoms with van der Waals surface area (Å²) in [4.78, 5) is 26.4. The Balaban J connectivity index is 0.00000480. The molecule has 1 aromatic rings. The van der Waals surface area contributed by atoms with Gasteiger partial charge in [0.1, 0.15) is 0 Å². The molecule has 0 aliphatic carbocycles. The van der Waals surface area contributed by atoms with Gasteiger partial charge in [0, 0.05) is 24.9 Å². The molecule has 2 rings (SSSR count). The molecule has 1 amide bonds. The number of carbonyl (C=O) groups excluding carboxylic acids is 1. The molecule has 1 aliphatic heterocycles. The van der Waals surface area contributed by atoms with E-state index in [1.165, 1.54) is 55.3 Å². The van der Waals surface area contributed by atoms with Crippen molar-refractivity contribution in [3.63, 3.8) is 0 Å². The van der Waals surface area contributed by atoms with E-state index in [-0.39, 0.29) is 24.7 Å². The average Bonchev–Trinajstić information content (AvgIpc) is 3.10. The molecule has 0 saturated heterocycles. The normalized spacial score (nSPS) is 13.0. The van der Waals surface area contributed by atoms with Gasteiger partial charge in [0.2, 0.25) is 5.91 Å². The van der Waals surface area contributed by atoms with Gasteiger partial charge in [0.05, 0.1) is 11.4 Å². The lowest BCUT2D eigenvalue weighted by molar-refractivity contribution is -0.138. The Morgan fingerprint density at radius 1 is 1.10 bits per heavy atom. The van der Waals surface area contributed by atoms with Gasteiger partial charge in [0.15, 0.2) is 0 Å². The van der Waals surface area contributed by atoms with Gasteiger partial charge in [-0.25, -0.2) is 0 Å². The molecule has 1 heterocycles. The molecule has 1 aliphatic rings. The molecular formula is C25H41ClN2O3. The third kappa shape index (κ3) is 7.41. The Hall–Kier alpha value is -1.75. The molecule has 0 radical (unpaired) electrons. The van der Waals surface area contributed by atoms with Gasteiger partial charge in [-0.15, -0.1) is 12.4 Å². The van der Waals surface area contributed by atoms with Crippen LogP contribution in [-0.2, 0) is 16.0 Å². The smallest absolute Gasteiger partial charge is 0.303 e. The molecule has 6 heteroatoms. The van der Waals surface area contributed by atoms with E-state index in [2.05, 4.69) is 30.1 Å². The van der Waals surface area contributed by atoms with Crippen LogP contribution in [0.1, 0.15) is 88.8 Å². The van der Waals surface area contributed by atoms with Gasteiger partial charge < -0.3 is 15.3 Å². The van der Waals surface area contributed by atoms with Crippen molar-refractivity contribution in [2.45, 2.75) is 92.4 Å². The van der Waals surface area contributed by atoms with Crippen LogP contribution in [0.4, 0.5) is 11.4 Å². The molecular weight excluding hydrogens is 412 g/mol. The zero-order valence-corrected chi connectivity index (χ0v) is 20.8. The largest absolute Gasteiger partial charge is 0.481 e. The SMILES string of the molecule is CCCCCCCCN1CCc2c(C)cc(C)c(NC(=O)C(C)(C)CCC(=O)O)c21.Cl. The number of amides is 1. The molecule has 2 N–H and O–H groups in total. The van der Waals surface area contributed by atoms with Crippen LogP contribution in [0.2, 0.25) is 0 Å². The van der Waals surface area contributed by atoms with Crippen molar-refractivity contribution in [3.8, 4) is 0 Å². The number of hydrogen-bond donors (Lipinski definition) is 2. The van der Waals surface area contributed by atoms with E-state index in [4.69, 9.17) is 5.11 Å². The molecule has 1 aromatic carbocycles. The highest BCUT2D eigenvalue weighted by Gasteiger charge is 2.31. The lowest BCUT2D eigenvalue weighted by Crippen LogP contribution is -2.32. The van der Waals surface area contributed by atoms with Crippen LogP contribution in [0.3, 0.4) is 0 Å². The maximum absolute atomic E-state index is 13.0. The zero-order chi connectivity index (χ0) is 22.3. The van der Waals surface area contributed by atoms with Crippen LogP contribution < -0.4 is 10.2 Å². The minimum atomic E-state index is -0.867. The van der Waals surface area contributed by atoms with Gasteiger partial charge in [-0.1, -0.05) is 58.9 Å². The number of anilines is 2. The summed E-state index contributed by atoms with van der Waals surface area (Å²) < 4.78 is 0. The van der Waals surface area contributed by atoms with E-state index in [0.29, 0.717) is 6.42 Å². The monoisotopic (exact) mass is 452 g/mol. The van der Waals surface area contributed by atoms with Crippen LogP contribution >= 0.6 is 12.4 Å². The van der Waals surface area contributed by atoms with Crippen LogP contribution in [0.5, 0.6) is 0 Å². The standard InChI is InChI=1S/C25H40N2O3.ClH/c1-6-7-8-9-10-11-15-27-16-13-20-18(2)17-19(3)22(23(20)27)26-24(30)25(4,5)14-12-21(28)29;/h17H,6-16H2,1-5H3,(H,26,30)(H,28,29);1H. The van der Waals surface area contributed by atoms with Crippen LogP contribution in [-0.4, -0.2) is 30.1 Å². The summed E-state index contributed by atoms with van der Waals surface area (Å²) in [5.74, 6) is -0.974. The van der Waals surface area contributed by atoms with E-state index in [1.807, 2.05) is 20.8 Å². The number of carboxylic acids is 1. The molecule has 0 unspecified atom stereocenters. The number of carboxylic acid groups (broad SMARTS) is 1. The minimum absolute atomic E-state index is 0. The predicted molar refractivity (Wildman–Crippen MR) is 132 cm³/mol. The van der Waals surface area contributed by atoms with Crippen molar-refractivity contribution in [3.05, 3.63) is 22.8 Å². The third-order valence-electron chi connectivity index (χ3n) is 6.37. The summed E-state index contributed by atoms with van der Waals surface area (Å²) in [5, 5.41) is 12.2. The van der Waals surface area contributed by atoms with Crippen LogP contribution in [0, 0.1) is 19.3 Å². The number of hydrogen-bond acceptors (Lipinski definition) is 3. The Kier molecular flexibility index (Phi) is 10.9. The fraction of sp³-hybridized carbons (Fsp3) is 0.680. The topological polar surface area (TPSA) is 69.6 Å². The number of aliphatic carboxylic acids is 1. The van der Waals surface area contributed by atoms with E-state index < -0.39 is 11.4 Å². The minimum Gasteiger partial charge on any atom is -0.481 e. The molecule has 0 aromatic heterocycles. The van der Waals surface area contributed by atoms with Crippen LogP contribution in [0.25, 0.3) is 0 Å². The van der Waals surface area contributed by atoms with Crippen molar-refractivity contribution >= 4 is 35.7 Å². The first-order valence-corrected chi connectivity index (χ1v) is 11.6. The molecule has 0 fully saturated rings. The van der Waals surface area contributed by atoms with E-state index in [1.54, 1.807) is 0 Å². The maximum Gasteiger partial charge on any atom is 0.303 e. The molecule has 176 valence electrons. The van der Waals surface area contributed by atoms with Crippen LogP contribution in [0.15, 0.2) is 6.07 Å². The number of rotatable bonds is 12. The number of aryl methyl sites for hydroxylation is 2. The number of benzene rings is 1. The summed E-state index contributed by atoms with van der Waals surface area (Å²) in [7, 11) is 0. The molecule has 0 saturated carbocycles. The summed E-state index contributed by atoms with van der Waals surface area (Å²) >= 11 is 0. The van der Waals surface area contributed by atoms with Gasteiger partial charge in [-0.2, -0.15) is 0 Å². The molecule has 31 heavy (non-hydrogen) atoms. The average molecular weight is 453 g/mol. The predicted octanol–water partition coefficient (Wildman–Crippen LogP) is 6.28. The maximum atomic E-state index is 13.0. The highest BCUT2D eigenvalue weighted by atomic mass is 35.5. The van der Waals surface area contributed by atoms with Crippen molar-refractivity contribution < 1.29 is 14.7 Å². The van der Waals surface area contributed by atoms with E-state index >= 15 is 0 Å². The molecule has 5 nitrogen and oxygen atoms in total. The van der Waals surface area contributed by atoms with Gasteiger partial charge in [-0.05, 0) is 49.8 Å². The summed E-state index contributed by atoms with van der Waals surface area (Å²) in [6, 6.07) is 2.16. The number of nitrogens with zero attached hydrogens (tertiary/aromatic N) is 1. The van der Waals surface area contributed by atoms with Crippen molar-refractivity contribution in [2.24, 2.45) is 5.41 Å². The number of unbranched alkanes of at least 4 members (excludes halogenated alkanes) is 5. The molecule has 0 bridgehead atoms. The fourth-order valence-electron chi connectivity index (χ4n) is 4.31. The third-order valence-corrected chi connectivity index (χ3v) is 6.37. The number of nitrogens with one attached hydrogen (secondary N) is 1. The first kappa shape index (κ1) is 27.3. The van der Waals surface area contributed by atoms with Crippen molar-refractivity contribution in [1.82, 2.24) is 0 Å². The molecule has 0 spiro atoms. The van der Waals surface area contributed by atoms with Crippen molar-refractivity contribution in [1.29, 1.82) is 0 Å². The number of halogens is 1. The highest BCUT2D eigenvalue weighted by Crippen LogP contribution is 2.41. The summed E-state index contributed by atoms with van der Waals surface area (Å²) in [6.45, 7) is 12.1. The fourth-order valence-corrected chi connectivity index (χ4v) is 4.31. The first-order valence-electron chi connectivity index (χ1n) is 11.6. The van der Waals surface area contributed by atoms with E-state index in [0.717, 1.165) is 30.8 Å². The zero-order valence-electron chi connectivity index (χ0n) is 20.0. The Bertz CT molecular complexity index is 762. The lowest BCUT2D eigenvalue weighted by atomic mass is 9.86. The summed E-state index contributed by atoms with van der Waals surface area (Å²) in [6.07, 6.45) is 8.96. The highest BCUT2D eigenvalue weighted by molar-refractivity contribution is 6.00. The van der Waals surface area contributed by atoms with Gasteiger partial charge in [-0.3, -0.25) is 9.59 Å². The second-order valence-electron chi connectivity index (χ2n) is 9.45.